The van der Waals surface area contributed by atoms with Gasteiger partial charge in [-0.3, -0.25) is 9.69 Å². The van der Waals surface area contributed by atoms with Gasteiger partial charge in [-0.25, -0.2) is 9.38 Å². The molecule has 1 heterocycles. The fourth-order valence-corrected chi connectivity index (χ4v) is 2.97. The number of amides is 1. The van der Waals surface area contributed by atoms with Crippen LogP contribution >= 0.6 is 11.8 Å². The maximum absolute atomic E-state index is 12.9. The summed E-state index contributed by atoms with van der Waals surface area (Å²) in [6, 6.07) is 15.5. The van der Waals surface area contributed by atoms with E-state index >= 15 is 0 Å². The summed E-state index contributed by atoms with van der Waals surface area (Å²) in [6.45, 7) is 0. The van der Waals surface area contributed by atoms with E-state index < -0.39 is 0 Å². The van der Waals surface area contributed by atoms with Gasteiger partial charge < -0.3 is 0 Å². The molecule has 0 atom stereocenters. The van der Waals surface area contributed by atoms with Crippen LogP contribution in [0.2, 0.25) is 0 Å². The second-order valence-corrected chi connectivity index (χ2v) is 5.77. The average molecular weight is 312 g/mol. The Morgan fingerprint density at radius 3 is 2.45 bits per heavy atom. The first-order valence-electron chi connectivity index (χ1n) is 6.70. The summed E-state index contributed by atoms with van der Waals surface area (Å²) in [5.41, 5.74) is 1.58. The van der Waals surface area contributed by atoms with Crippen molar-refractivity contribution in [3.05, 3.63) is 70.9 Å². The van der Waals surface area contributed by atoms with Crippen molar-refractivity contribution < 1.29 is 9.18 Å². The first-order valence-corrected chi connectivity index (χ1v) is 7.52. The number of rotatable bonds is 2. The number of halogens is 1. The van der Waals surface area contributed by atoms with E-state index in [1.807, 2.05) is 36.4 Å². The van der Waals surface area contributed by atoms with Crippen molar-refractivity contribution in [1.29, 1.82) is 0 Å². The second-order valence-electron chi connectivity index (χ2n) is 4.76. The highest BCUT2D eigenvalue weighted by atomic mass is 32.2. The molecule has 1 aliphatic heterocycles. The zero-order valence-corrected chi connectivity index (χ0v) is 12.7. The lowest BCUT2D eigenvalue weighted by molar-refractivity contribution is -0.121. The number of hydrogen-bond acceptors (Lipinski definition) is 3. The molecule has 0 aromatic heterocycles. The van der Waals surface area contributed by atoms with Crippen LogP contribution in [0.1, 0.15) is 5.56 Å². The van der Waals surface area contributed by atoms with Gasteiger partial charge in [0.05, 0.1) is 10.6 Å². The molecule has 1 aliphatic rings. The first kappa shape index (κ1) is 14.5. The number of likely N-dealkylation sites (N-methyl/N-ethyl adjacent to an activating group) is 1. The van der Waals surface area contributed by atoms with Crippen LogP contribution in [0.4, 0.5) is 10.1 Å². The van der Waals surface area contributed by atoms with Crippen molar-refractivity contribution in [3.63, 3.8) is 0 Å². The monoisotopic (exact) mass is 312 g/mol. The third kappa shape index (κ3) is 3.09. The summed E-state index contributed by atoms with van der Waals surface area (Å²) < 4.78 is 12.9. The molecule has 110 valence electrons. The molecule has 3 nitrogen and oxygen atoms in total. The highest BCUT2D eigenvalue weighted by molar-refractivity contribution is 8.18. The topological polar surface area (TPSA) is 32.7 Å². The number of nitrogens with zero attached hydrogens (tertiary/aromatic N) is 2. The van der Waals surface area contributed by atoms with Crippen molar-refractivity contribution in [1.82, 2.24) is 4.90 Å². The first-order chi connectivity index (χ1) is 10.6. The second kappa shape index (κ2) is 6.15. The summed E-state index contributed by atoms with van der Waals surface area (Å²) in [6.07, 6.45) is 1.84. The van der Waals surface area contributed by atoms with Gasteiger partial charge in [-0.05, 0) is 47.7 Å². The predicted molar refractivity (Wildman–Crippen MR) is 88.3 cm³/mol. The number of amidine groups is 1. The maximum Gasteiger partial charge on any atom is 0.266 e. The van der Waals surface area contributed by atoms with E-state index in [0.717, 1.165) is 5.56 Å². The van der Waals surface area contributed by atoms with Gasteiger partial charge in [0.15, 0.2) is 5.17 Å². The van der Waals surface area contributed by atoms with Crippen molar-refractivity contribution >= 4 is 34.6 Å². The zero-order valence-electron chi connectivity index (χ0n) is 11.9. The zero-order chi connectivity index (χ0) is 15.5. The Hall–Kier alpha value is -2.40. The smallest absolute Gasteiger partial charge is 0.266 e. The van der Waals surface area contributed by atoms with E-state index in [9.17, 15) is 9.18 Å². The van der Waals surface area contributed by atoms with Gasteiger partial charge in [-0.1, -0.05) is 30.3 Å². The van der Waals surface area contributed by atoms with Gasteiger partial charge in [-0.2, -0.15) is 0 Å². The summed E-state index contributed by atoms with van der Waals surface area (Å²) in [4.78, 5) is 18.8. The van der Waals surface area contributed by atoms with Gasteiger partial charge >= 0.3 is 0 Å². The molecule has 0 radical (unpaired) electrons. The van der Waals surface area contributed by atoms with Crippen molar-refractivity contribution in [2.75, 3.05) is 7.05 Å². The largest absolute Gasteiger partial charge is 0.290 e. The van der Waals surface area contributed by atoms with E-state index in [0.29, 0.717) is 15.8 Å². The molecule has 1 amide bonds. The number of carbonyl (C=O) groups excluding carboxylic acids is 1. The molecule has 0 saturated carbocycles. The van der Waals surface area contributed by atoms with Crippen LogP contribution in [0.3, 0.4) is 0 Å². The lowest BCUT2D eigenvalue weighted by Crippen LogP contribution is -2.23. The normalized spacial score (nSPS) is 18.5. The van der Waals surface area contributed by atoms with Gasteiger partial charge in [0.25, 0.3) is 5.91 Å². The number of aliphatic imine (C=N–C) groups is 1. The molecule has 1 saturated heterocycles. The standard InChI is InChI=1S/C17H13FN2OS/c1-20-16(21)15(11-12-5-3-2-4-6-12)22-17(20)19-14-9-7-13(18)8-10-14/h2-11H,1H3/b15-11+,19-17?. The number of benzene rings is 2. The van der Waals surface area contributed by atoms with Gasteiger partial charge in [0.2, 0.25) is 0 Å². The minimum absolute atomic E-state index is 0.0882. The fourth-order valence-electron chi connectivity index (χ4n) is 1.98. The quantitative estimate of drug-likeness (QED) is 0.783. The lowest BCUT2D eigenvalue weighted by Gasteiger charge is -2.06. The third-order valence-electron chi connectivity index (χ3n) is 3.15. The van der Waals surface area contributed by atoms with Gasteiger partial charge in [0, 0.05) is 7.05 Å². The molecule has 0 unspecified atom stereocenters. The fraction of sp³-hybridized carbons (Fsp3) is 0.0588. The van der Waals surface area contributed by atoms with E-state index in [1.165, 1.54) is 28.8 Å². The van der Waals surface area contributed by atoms with Crippen LogP contribution in [0.5, 0.6) is 0 Å². The Labute approximate surface area is 132 Å². The number of thioether (sulfide) groups is 1. The van der Waals surface area contributed by atoms with Crippen LogP contribution in [0.15, 0.2) is 64.5 Å². The Morgan fingerprint density at radius 1 is 1.09 bits per heavy atom. The Kier molecular flexibility index (Phi) is 4.06. The summed E-state index contributed by atoms with van der Waals surface area (Å²) in [5.74, 6) is -0.396. The Balaban J connectivity index is 1.88. The molecule has 2 aromatic rings. The maximum atomic E-state index is 12.9. The minimum atomic E-state index is -0.308. The average Bonchev–Trinajstić information content (AvgIpc) is 2.79. The van der Waals surface area contributed by atoms with E-state index in [2.05, 4.69) is 4.99 Å². The Bertz CT molecular complexity index is 754. The van der Waals surface area contributed by atoms with Crippen LogP contribution < -0.4 is 0 Å². The van der Waals surface area contributed by atoms with Crippen molar-refractivity contribution in [2.45, 2.75) is 0 Å². The molecule has 0 aliphatic carbocycles. The SMILES string of the molecule is CN1C(=O)/C(=C\c2ccccc2)SC1=Nc1ccc(F)cc1. The minimum Gasteiger partial charge on any atom is -0.290 e. The number of hydrogen-bond donors (Lipinski definition) is 0. The molecular weight excluding hydrogens is 299 g/mol. The highest BCUT2D eigenvalue weighted by Crippen LogP contribution is 2.33. The van der Waals surface area contributed by atoms with Crippen LogP contribution in [-0.2, 0) is 4.79 Å². The summed E-state index contributed by atoms with van der Waals surface area (Å²) in [5, 5.41) is 0.582. The molecular formula is C17H13FN2OS. The molecule has 2 aromatic carbocycles. The van der Waals surface area contributed by atoms with E-state index in [1.54, 1.807) is 19.2 Å². The molecule has 0 bridgehead atoms. The van der Waals surface area contributed by atoms with E-state index in [-0.39, 0.29) is 11.7 Å². The summed E-state index contributed by atoms with van der Waals surface area (Å²) in [7, 11) is 1.68. The van der Waals surface area contributed by atoms with Crippen LogP contribution in [0, 0.1) is 5.82 Å². The van der Waals surface area contributed by atoms with Crippen molar-refractivity contribution in [2.24, 2.45) is 4.99 Å². The highest BCUT2D eigenvalue weighted by Gasteiger charge is 2.30. The molecule has 1 fully saturated rings. The summed E-state index contributed by atoms with van der Waals surface area (Å²) >= 11 is 1.31. The van der Waals surface area contributed by atoms with Crippen LogP contribution in [0.25, 0.3) is 6.08 Å². The van der Waals surface area contributed by atoms with Gasteiger partial charge in [-0.15, -0.1) is 0 Å². The molecule has 22 heavy (non-hydrogen) atoms. The van der Waals surface area contributed by atoms with Gasteiger partial charge in [0.1, 0.15) is 5.82 Å². The predicted octanol–water partition coefficient (Wildman–Crippen LogP) is 4.06. The molecule has 5 heteroatoms. The molecule has 0 spiro atoms. The van der Waals surface area contributed by atoms with E-state index in [4.69, 9.17) is 0 Å². The third-order valence-corrected chi connectivity index (χ3v) is 4.21. The van der Waals surface area contributed by atoms with Crippen LogP contribution in [-0.4, -0.2) is 23.0 Å². The lowest BCUT2D eigenvalue weighted by atomic mass is 10.2. The molecule has 3 rings (SSSR count). The van der Waals surface area contributed by atoms with Crippen molar-refractivity contribution in [3.8, 4) is 0 Å². The molecule has 0 N–H and O–H groups in total. The number of carbonyl (C=O) groups is 1. The Morgan fingerprint density at radius 2 is 1.77 bits per heavy atom.